The Labute approximate surface area is 124 Å². The molecule has 2 aromatic rings. The van der Waals surface area contributed by atoms with Crippen LogP contribution in [0.2, 0.25) is 0 Å². The van der Waals surface area contributed by atoms with Crippen LogP contribution in [-0.2, 0) is 9.31 Å². The van der Waals surface area contributed by atoms with E-state index in [1.165, 1.54) is 20.9 Å². The van der Waals surface area contributed by atoms with Crippen LogP contribution in [0.4, 0.5) is 0 Å². The summed E-state index contributed by atoms with van der Waals surface area (Å²) in [5.74, 6) is 0. The number of hydrogen-bond donors (Lipinski definition) is 0. The van der Waals surface area contributed by atoms with Gasteiger partial charge < -0.3 is 9.31 Å². The zero-order valence-electron chi connectivity index (χ0n) is 12.9. The maximum Gasteiger partial charge on any atom is 0.494 e. The first-order chi connectivity index (χ1) is 9.89. The standard InChI is InChI=1S/C18H19BO2/c1-17(2)18(3,4)21-19(20-17)12-9-10-15-13-7-5-6-8-14(13)16(15)11-12/h5-11H,1-4H3. The molecular weight excluding hydrogens is 259 g/mol. The van der Waals surface area contributed by atoms with Gasteiger partial charge in [0.25, 0.3) is 0 Å². The Balaban J connectivity index is 1.81. The van der Waals surface area contributed by atoms with Gasteiger partial charge in [0, 0.05) is 0 Å². The second-order valence-electron chi connectivity index (χ2n) is 6.94. The van der Waals surface area contributed by atoms with E-state index in [1.807, 2.05) is 0 Å². The van der Waals surface area contributed by atoms with Crippen LogP contribution in [0, 0.1) is 20.9 Å². The van der Waals surface area contributed by atoms with Crippen LogP contribution in [0.15, 0.2) is 42.5 Å². The molecule has 3 heteroatoms. The number of benzene rings is 2. The predicted molar refractivity (Wildman–Crippen MR) is 83.9 cm³/mol. The number of fused-ring (bicyclic) bond motifs is 2. The molecule has 0 saturated carbocycles. The molecule has 0 aromatic heterocycles. The molecule has 1 saturated heterocycles. The number of hydrogen-bond acceptors (Lipinski definition) is 2. The molecule has 2 nitrogen and oxygen atoms in total. The van der Waals surface area contributed by atoms with Crippen molar-refractivity contribution < 1.29 is 9.31 Å². The van der Waals surface area contributed by atoms with Crippen LogP contribution in [-0.4, -0.2) is 18.3 Å². The van der Waals surface area contributed by atoms with Crippen LogP contribution in [0.3, 0.4) is 0 Å². The van der Waals surface area contributed by atoms with Gasteiger partial charge in [0.2, 0.25) is 0 Å². The predicted octanol–water partition coefficient (Wildman–Crippen LogP) is 2.87. The topological polar surface area (TPSA) is 18.5 Å². The maximum absolute atomic E-state index is 6.13. The van der Waals surface area contributed by atoms with E-state index in [9.17, 15) is 0 Å². The molecule has 1 aliphatic carbocycles. The van der Waals surface area contributed by atoms with Crippen molar-refractivity contribution in [2.75, 3.05) is 0 Å². The second-order valence-corrected chi connectivity index (χ2v) is 6.94. The number of rotatable bonds is 1. The van der Waals surface area contributed by atoms with E-state index in [0.717, 1.165) is 5.46 Å². The molecule has 2 aromatic carbocycles. The molecule has 0 atom stereocenters. The van der Waals surface area contributed by atoms with Gasteiger partial charge in [-0.2, -0.15) is 0 Å². The lowest BCUT2D eigenvalue weighted by molar-refractivity contribution is 0.00578. The van der Waals surface area contributed by atoms with E-state index in [1.54, 1.807) is 0 Å². The molecule has 0 amide bonds. The average molecular weight is 278 g/mol. The summed E-state index contributed by atoms with van der Waals surface area (Å²) in [4.78, 5) is 0. The summed E-state index contributed by atoms with van der Waals surface area (Å²) in [5.41, 5.74) is 0.513. The first-order valence-electron chi connectivity index (χ1n) is 7.48. The Morgan fingerprint density at radius 2 is 1.24 bits per heavy atom. The Kier molecular flexibility index (Phi) is 2.49. The van der Waals surface area contributed by atoms with Crippen molar-refractivity contribution in [1.29, 1.82) is 0 Å². The largest absolute Gasteiger partial charge is 0.494 e. The molecule has 1 heterocycles. The third kappa shape index (κ3) is 1.74. The SMILES string of the molecule is CC1(C)OB(c2ccc3c(c2)=c2ccccc2=3)OC1(C)C. The fourth-order valence-corrected chi connectivity index (χ4v) is 3.04. The van der Waals surface area contributed by atoms with Crippen molar-refractivity contribution in [3.63, 3.8) is 0 Å². The molecule has 0 spiro atoms. The smallest absolute Gasteiger partial charge is 0.399 e. The Hall–Kier alpha value is -1.58. The molecule has 21 heavy (non-hydrogen) atoms. The van der Waals surface area contributed by atoms with Crippen LogP contribution in [0.5, 0.6) is 0 Å². The van der Waals surface area contributed by atoms with Gasteiger partial charge in [-0.05, 0) is 54.0 Å². The van der Waals surface area contributed by atoms with Crippen LogP contribution < -0.4 is 5.46 Å². The van der Waals surface area contributed by atoms with Crippen LogP contribution in [0.1, 0.15) is 27.7 Å². The Morgan fingerprint density at radius 1 is 0.714 bits per heavy atom. The summed E-state index contributed by atoms with van der Waals surface area (Å²) in [6.45, 7) is 8.35. The summed E-state index contributed by atoms with van der Waals surface area (Å²) in [6.07, 6.45) is 0. The Bertz CT molecular complexity index is 899. The fourth-order valence-electron chi connectivity index (χ4n) is 3.04. The molecule has 1 aliphatic heterocycles. The van der Waals surface area contributed by atoms with Gasteiger partial charge in [0.1, 0.15) is 0 Å². The summed E-state index contributed by atoms with van der Waals surface area (Å²) < 4.78 is 12.3. The van der Waals surface area contributed by atoms with Crippen molar-refractivity contribution >= 4 is 12.6 Å². The van der Waals surface area contributed by atoms with Crippen molar-refractivity contribution in [3.05, 3.63) is 63.3 Å². The van der Waals surface area contributed by atoms with Gasteiger partial charge in [0.05, 0.1) is 11.2 Å². The van der Waals surface area contributed by atoms with Gasteiger partial charge in [-0.1, -0.05) is 42.5 Å². The fraction of sp³-hybridized carbons (Fsp3) is 0.333. The molecule has 0 radical (unpaired) electrons. The zero-order valence-corrected chi connectivity index (χ0v) is 12.9. The van der Waals surface area contributed by atoms with E-state index >= 15 is 0 Å². The Morgan fingerprint density at radius 3 is 1.86 bits per heavy atom. The molecule has 2 aliphatic rings. The van der Waals surface area contributed by atoms with E-state index < -0.39 is 0 Å². The molecule has 4 rings (SSSR count). The monoisotopic (exact) mass is 278 g/mol. The maximum atomic E-state index is 6.13. The minimum Gasteiger partial charge on any atom is -0.399 e. The third-order valence-corrected chi connectivity index (χ3v) is 5.08. The average Bonchev–Trinajstić information content (AvgIpc) is 2.64. The normalized spacial score (nSPS) is 20.7. The summed E-state index contributed by atoms with van der Waals surface area (Å²) in [7, 11) is -0.284. The molecular formula is C18H19BO2. The quantitative estimate of drug-likeness (QED) is 0.637. The van der Waals surface area contributed by atoms with Crippen LogP contribution >= 0.6 is 0 Å². The molecule has 1 fully saturated rings. The third-order valence-electron chi connectivity index (χ3n) is 5.08. The van der Waals surface area contributed by atoms with E-state index in [-0.39, 0.29) is 18.3 Å². The van der Waals surface area contributed by atoms with Gasteiger partial charge in [0.15, 0.2) is 0 Å². The minimum absolute atomic E-state index is 0.284. The minimum atomic E-state index is -0.293. The molecule has 0 N–H and O–H groups in total. The lowest BCUT2D eigenvalue weighted by atomic mass is 9.78. The molecule has 106 valence electrons. The van der Waals surface area contributed by atoms with Crippen LogP contribution in [0.25, 0.3) is 0 Å². The van der Waals surface area contributed by atoms with E-state index in [4.69, 9.17) is 9.31 Å². The lowest BCUT2D eigenvalue weighted by Gasteiger charge is -2.32. The van der Waals surface area contributed by atoms with Gasteiger partial charge >= 0.3 is 7.12 Å². The van der Waals surface area contributed by atoms with E-state index in [2.05, 4.69) is 70.2 Å². The highest BCUT2D eigenvalue weighted by Gasteiger charge is 2.51. The van der Waals surface area contributed by atoms with Crippen molar-refractivity contribution in [1.82, 2.24) is 0 Å². The first kappa shape index (κ1) is 13.1. The highest BCUT2D eigenvalue weighted by molar-refractivity contribution is 6.62. The van der Waals surface area contributed by atoms with E-state index in [0.29, 0.717) is 0 Å². The second kappa shape index (κ2) is 3.99. The van der Waals surface area contributed by atoms with Crippen molar-refractivity contribution in [2.45, 2.75) is 38.9 Å². The summed E-state index contributed by atoms with van der Waals surface area (Å²) in [5, 5.41) is 5.29. The highest BCUT2D eigenvalue weighted by Crippen LogP contribution is 2.36. The summed E-state index contributed by atoms with van der Waals surface area (Å²) in [6, 6.07) is 15.0. The van der Waals surface area contributed by atoms with Gasteiger partial charge in [-0.3, -0.25) is 0 Å². The zero-order chi connectivity index (χ0) is 14.8. The highest BCUT2D eigenvalue weighted by atomic mass is 16.7. The van der Waals surface area contributed by atoms with Gasteiger partial charge in [-0.25, -0.2) is 0 Å². The van der Waals surface area contributed by atoms with Gasteiger partial charge in [-0.15, -0.1) is 0 Å². The molecule has 0 bridgehead atoms. The summed E-state index contributed by atoms with van der Waals surface area (Å²) >= 11 is 0. The lowest BCUT2D eigenvalue weighted by Crippen LogP contribution is -2.41. The van der Waals surface area contributed by atoms with Crippen molar-refractivity contribution in [2.24, 2.45) is 0 Å². The molecule has 0 unspecified atom stereocenters. The first-order valence-corrected chi connectivity index (χ1v) is 7.48. The van der Waals surface area contributed by atoms with Crippen molar-refractivity contribution in [3.8, 4) is 0 Å².